The predicted molar refractivity (Wildman–Crippen MR) is 48.0 cm³/mol. The van der Waals surface area contributed by atoms with Crippen LogP contribution in [0.4, 0.5) is 0 Å². The van der Waals surface area contributed by atoms with Gasteiger partial charge in [-0.05, 0) is 6.07 Å². The van der Waals surface area contributed by atoms with E-state index in [9.17, 15) is 9.90 Å². The fourth-order valence-corrected chi connectivity index (χ4v) is 1.55. The summed E-state index contributed by atoms with van der Waals surface area (Å²) in [6, 6.07) is 6.92. The minimum atomic E-state index is -1.04. The van der Waals surface area contributed by atoms with Crippen molar-refractivity contribution in [2.24, 2.45) is 5.92 Å². The number of aliphatic hydroxyl groups excluding tert-OH is 1. The van der Waals surface area contributed by atoms with E-state index >= 15 is 0 Å². The van der Waals surface area contributed by atoms with Crippen LogP contribution in [0.2, 0.25) is 0 Å². The molecule has 1 aromatic carbocycles. The summed E-state index contributed by atoms with van der Waals surface area (Å²) in [5.41, 5.74) is 0.547. The van der Waals surface area contributed by atoms with Crippen molar-refractivity contribution < 1.29 is 19.7 Å². The molecular formula is C10H10O4. The Labute approximate surface area is 80.7 Å². The molecular weight excluding hydrogens is 184 g/mol. The highest BCUT2D eigenvalue weighted by atomic mass is 16.5. The smallest absolute Gasteiger partial charge is 0.313 e. The van der Waals surface area contributed by atoms with Gasteiger partial charge in [0.05, 0.1) is 6.10 Å². The van der Waals surface area contributed by atoms with E-state index in [4.69, 9.17) is 9.84 Å². The molecule has 4 nitrogen and oxygen atoms in total. The van der Waals surface area contributed by atoms with Crippen LogP contribution in [0, 0.1) is 5.92 Å². The number of benzene rings is 1. The van der Waals surface area contributed by atoms with Crippen molar-refractivity contribution in [3.63, 3.8) is 0 Å². The van der Waals surface area contributed by atoms with Gasteiger partial charge in [-0.3, -0.25) is 4.79 Å². The fourth-order valence-electron chi connectivity index (χ4n) is 1.55. The Hall–Kier alpha value is -1.55. The first-order chi connectivity index (χ1) is 6.70. The average Bonchev–Trinajstić information content (AvgIpc) is 2.18. The van der Waals surface area contributed by atoms with Gasteiger partial charge in [0.15, 0.2) is 0 Å². The third kappa shape index (κ3) is 1.33. The normalized spacial score (nSPS) is 24.9. The van der Waals surface area contributed by atoms with Crippen LogP contribution in [0.15, 0.2) is 24.3 Å². The summed E-state index contributed by atoms with van der Waals surface area (Å²) >= 11 is 0. The number of carboxylic acid groups (broad SMARTS) is 1. The SMILES string of the molecule is O=C(O)C1COc2ccccc2C1O. The zero-order valence-corrected chi connectivity index (χ0v) is 7.38. The topological polar surface area (TPSA) is 66.8 Å². The number of hydrogen-bond acceptors (Lipinski definition) is 3. The first-order valence-electron chi connectivity index (χ1n) is 4.33. The molecule has 2 rings (SSSR count). The van der Waals surface area contributed by atoms with Gasteiger partial charge in [-0.1, -0.05) is 18.2 Å². The van der Waals surface area contributed by atoms with E-state index in [1.54, 1.807) is 24.3 Å². The lowest BCUT2D eigenvalue weighted by Crippen LogP contribution is -2.32. The second-order valence-corrected chi connectivity index (χ2v) is 3.24. The largest absolute Gasteiger partial charge is 0.492 e. The second-order valence-electron chi connectivity index (χ2n) is 3.24. The summed E-state index contributed by atoms with van der Waals surface area (Å²) in [7, 11) is 0. The molecule has 1 aromatic rings. The van der Waals surface area contributed by atoms with Gasteiger partial charge in [-0.15, -0.1) is 0 Å². The van der Waals surface area contributed by atoms with Crippen LogP contribution in [0.1, 0.15) is 11.7 Å². The van der Waals surface area contributed by atoms with Crippen LogP contribution in [0.25, 0.3) is 0 Å². The van der Waals surface area contributed by atoms with Gasteiger partial charge in [0.25, 0.3) is 0 Å². The van der Waals surface area contributed by atoms with Crippen molar-refractivity contribution in [2.45, 2.75) is 6.10 Å². The molecule has 0 aliphatic carbocycles. The lowest BCUT2D eigenvalue weighted by Gasteiger charge is -2.27. The van der Waals surface area contributed by atoms with Crippen LogP contribution in [-0.4, -0.2) is 22.8 Å². The molecule has 2 unspecified atom stereocenters. The van der Waals surface area contributed by atoms with Crippen LogP contribution < -0.4 is 4.74 Å². The summed E-state index contributed by atoms with van der Waals surface area (Å²) in [4.78, 5) is 10.7. The number of aliphatic carboxylic acids is 1. The van der Waals surface area contributed by atoms with Crippen LogP contribution in [-0.2, 0) is 4.79 Å². The Balaban J connectivity index is 2.36. The molecule has 0 saturated carbocycles. The zero-order valence-electron chi connectivity index (χ0n) is 7.38. The van der Waals surface area contributed by atoms with Gasteiger partial charge < -0.3 is 14.9 Å². The molecule has 1 aliphatic heterocycles. The molecule has 0 fully saturated rings. The molecule has 0 amide bonds. The number of para-hydroxylation sites is 1. The highest BCUT2D eigenvalue weighted by Crippen LogP contribution is 2.34. The Morgan fingerprint density at radius 3 is 2.86 bits per heavy atom. The number of fused-ring (bicyclic) bond motifs is 1. The molecule has 4 heteroatoms. The van der Waals surface area contributed by atoms with Gasteiger partial charge in [0.1, 0.15) is 18.3 Å². The van der Waals surface area contributed by atoms with Crippen LogP contribution >= 0.6 is 0 Å². The monoisotopic (exact) mass is 194 g/mol. The lowest BCUT2D eigenvalue weighted by molar-refractivity contribution is -0.148. The molecule has 14 heavy (non-hydrogen) atoms. The van der Waals surface area contributed by atoms with E-state index in [-0.39, 0.29) is 6.61 Å². The molecule has 0 bridgehead atoms. The lowest BCUT2D eigenvalue weighted by atomic mass is 9.93. The van der Waals surface area contributed by atoms with Gasteiger partial charge in [-0.25, -0.2) is 0 Å². The molecule has 0 radical (unpaired) electrons. The third-order valence-electron chi connectivity index (χ3n) is 2.35. The summed E-state index contributed by atoms with van der Waals surface area (Å²) in [6.07, 6.45) is -0.975. The first-order valence-corrected chi connectivity index (χ1v) is 4.33. The number of carbonyl (C=O) groups is 1. The minimum Gasteiger partial charge on any atom is -0.492 e. The summed E-state index contributed by atoms with van der Waals surface area (Å²) < 4.78 is 5.23. The molecule has 2 N–H and O–H groups in total. The maximum atomic E-state index is 10.7. The van der Waals surface area contributed by atoms with Crippen molar-refractivity contribution in [2.75, 3.05) is 6.61 Å². The maximum Gasteiger partial charge on any atom is 0.313 e. The predicted octanol–water partition coefficient (Wildman–Crippen LogP) is 0.813. The number of carboxylic acids is 1. The van der Waals surface area contributed by atoms with Gasteiger partial charge in [0.2, 0.25) is 0 Å². The Morgan fingerprint density at radius 1 is 1.43 bits per heavy atom. The van der Waals surface area contributed by atoms with Gasteiger partial charge in [-0.2, -0.15) is 0 Å². The van der Waals surface area contributed by atoms with Crippen molar-refractivity contribution in [3.05, 3.63) is 29.8 Å². The summed E-state index contributed by atoms with van der Waals surface area (Å²) in [5, 5.41) is 18.5. The fraction of sp³-hybridized carbons (Fsp3) is 0.300. The van der Waals surface area contributed by atoms with E-state index in [1.165, 1.54) is 0 Å². The zero-order chi connectivity index (χ0) is 10.1. The molecule has 2 atom stereocenters. The number of rotatable bonds is 1. The van der Waals surface area contributed by atoms with Crippen LogP contribution in [0.3, 0.4) is 0 Å². The second kappa shape index (κ2) is 3.31. The molecule has 0 aromatic heterocycles. The van der Waals surface area contributed by atoms with E-state index in [1.807, 2.05) is 0 Å². The summed E-state index contributed by atoms with van der Waals surface area (Å²) in [5.74, 6) is -1.34. The Morgan fingerprint density at radius 2 is 2.14 bits per heavy atom. The van der Waals surface area contributed by atoms with Crippen LogP contribution in [0.5, 0.6) is 5.75 Å². The van der Waals surface area contributed by atoms with E-state index in [0.29, 0.717) is 11.3 Å². The van der Waals surface area contributed by atoms with Gasteiger partial charge in [0, 0.05) is 5.56 Å². The van der Waals surface area contributed by atoms with Gasteiger partial charge >= 0.3 is 5.97 Å². The minimum absolute atomic E-state index is 0.0213. The highest BCUT2D eigenvalue weighted by molar-refractivity contribution is 5.72. The molecule has 1 heterocycles. The van der Waals surface area contributed by atoms with E-state index in [0.717, 1.165) is 0 Å². The Bertz CT molecular complexity index is 361. The molecule has 0 spiro atoms. The van der Waals surface area contributed by atoms with Crippen molar-refractivity contribution in [1.82, 2.24) is 0 Å². The van der Waals surface area contributed by atoms with Crippen molar-refractivity contribution in [1.29, 1.82) is 0 Å². The van der Waals surface area contributed by atoms with E-state index < -0.39 is 18.0 Å². The third-order valence-corrected chi connectivity index (χ3v) is 2.35. The molecule has 74 valence electrons. The summed E-state index contributed by atoms with van der Waals surface area (Å²) in [6.45, 7) is 0.0213. The average molecular weight is 194 g/mol. The maximum absolute atomic E-state index is 10.7. The number of ether oxygens (including phenoxy) is 1. The standard InChI is InChI=1S/C10H10O4/c11-9-6-3-1-2-4-8(6)14-5-7(9)10(12)13/h1-4,7,9,11H,5H2,(H,12,13). The Kier molecular flexibility index (Phi) is 2.13. The van der Waals surface area contributed by atoms with Crippen molar-refractivity contribution >= 4 is 5.97 Å². The number of aliphatic hydroxyl groups is 1. The molecule has 1 aliphatic rings. The first kappa shape index (κ1) is 9.02. The highest BCUT2D eigenvalue weighted by Gasteiger charge is 2.34. The molecule has 0 saturated heterocycles. The quantitative estimate of drug-likeness (QED) is 0.694. The van der Waals surface area contributed by atoms with E-state index in [2.05, 4.69) is 0 Å². The van der Waals surface area contributed by atoms with Crippen molar-refractivity contribution in [3.8, 4) is 5.75 Å². The number of hydrogen-bond donors (Lipinski definition) is 2.